The maximum Gasteiger partial charge on any atom is 0.306 e. The summed E-state index contributed by atoms with van der Waals surface area (Å²) in [5, 5.41) is 11.0. The molecule has 19 heavy (non-hydrogen) atoms. The number of nitrogens with zero attached hydrogens (tertiary/aromatic N) is 1. The predicted molar refractivity (Wildman–Crippen MR) is 69.0 cm³/mol. The van der Waals surface area contributed by atoms with Crippen molar-refractivity contribution in [3.63, 3.8) is 0 Å². The molecule has 0 bridgehead atoms. The highest BCUT2D eigenvalue weighted by Gasteiger charge is 2.32. The Labute approximate surface area is 115 Å². The molecule has 0 fully saturated rings. The van der Waals surface area contributed by atoms with E-state index in [0.717, 1.165) is 24.5 Å². The Balaban J connectivity index is 3.74. The van der Waals surface area contributed by atoms with Crippen LogP contribution in [0.4, 0.5) is 5.69 Å². The first-order valence-corrected chi connectivity index (χ1v) is 8.95. The van der Waals surface area contributed by atoms with E-state index in [9.17, 15) is 26.9 Å². The summed E-state index contributed by atoms with van der Waals surface area (Å²) in [5.41, 5.74) is -0.935. The van der Waals surface area contributed by atoms with Gasteiger partial charge in [0.1, 0.15) is 9.79 Å². The van der Waals surface area contributed by atoms with E-state index in [1.165, 1.54) is 0 Å². The molecule has 0 unspecified atom stereocenters. The molecule has 0 aromatic heterocycles. The third kappa shape index (κ3) is 3.43. The van der Waals surface area contributed by atoms with E-state index in [0.29, 0.717) is 0 Å². The maximum atomic E-state index is 11.9. The quantitative estimate of drug-likeness (QED) is 0.453. The Hall–Kier alpha value is -1.19. The van der Waals surface area contributed by atoms with Gasteiger partial charge in [-0.25, -0.2) is 16.8 Å². The summed E-state index contributed by atoms with van der Waals surface area (Å²) in [6, 6.07) is 3.13. The maximum absolute atomic E-state index is 11.9. The number of rotatable bonds is 5. The van der Waals surface area contributed by atoms with Crippen LogP contribution in [0.3, 0.4) is 0 Å². The van der Waals surface area contributed by atoms with E-state index in [2.05, 4.69) is 0 Å². The molecule has 10 heteroatoms. The number of halogens is 1. The van der Waals surface area contributed by atoms with Gasteiger partial charge in [-0.2, -0.15) is 0 Å². The van der Waals surface area contributed by atoms with Gasteiger partial charge in [-0.15, -0.1) is 11.6 Å². The summed E-state index contributed by atoms with van der Waals surface area (Å²) in [6.45, 7) is 0. The molecule has 0 spiro atoms. The van der Waals surface area contributed by atoms with Gasteiger partial charge in [0.15, 0.2) is 19.7 Å². The summed E-state index contributed by atoms with van der Waals surface area (Å²) < 4.78 is 46.6. The van der Waals surface area contributed by atoms with E-state index < -0.39 is 45.8 Å². The van der Waals surface area contributed by atoms with Gasteiger partial charge in [0.25, 0.3) is 0 Å². The molecule has 1 rings (SSSR count). The van der Waals surface area contributed by atoms with Crippen molar-refractivity contribution in [3.8, 4) is 0 Å². The second-order valence-electron chi connectivity index (χ2n) is 3.64. The monoisotopic (exact) mass is 327 g/mol. The van der Waals surface area contributed by atoms with Crippen LogP contribution in [0.5, 0.6) is 0 Å². The number of nitro groups is 1. The summed E-state index contributed by atoms with van der Waals surface area (Å²) in [5.74, 6) is -0.759. The molecule has 0 radical (unpaired) electrons. The standard InChI is InChI=1S/C9H10ClNO6S2/c1-18(14,15)7-3-2-4-8(9(7)11(12)13)19(16,17)6-5-10/h2-4H,5-6H2,1H3. The lowest BCUT2D eigenvalue weighted by atomic mass is 10.3. The normalized spacial score (nSPS) is 12.3. The molecule has 1 aromatic carbocycles. The summed E-state index contributed by atoms with van der Waals surface area (Å²) in [4.78, 5) is 8.70. The minimum absolute atomic E-state index is 0.247. The van der Waals surface area contributed by atoms with Crippen molar-refractivity contribution in [3.05, 3.63) is 28.3 Å². The molecule has 0 aliphatic carbocycles. The topological polar surface area (TPSA) is 111 Å². The SMILES string of the molecule is CS(=O)(=O)c1cccc(S(=O)(=O)CCCl)c1[N+](=O)[O-]. The Morgan fingerprint density at radius 2 is 1.74 bits per heavy atom. The number of alkyl halides is 1. The lowest BCUT2D eigenvalue weighted by Gasteiger charge is -2.06. The van der Waals surface area contributed by atoms with Gasteiger partial charge in [-0.05, 0) is 12.1 Å². The molecule has 0 heterocycles. The highest BCUT2D eigenvalue weighted by atomic mass is 35.5. The summed E-state index contributed by atoms with van der Waals surface area (Å²) in [6.07, 6.45) is 0.771. The number of para-hydroxylation sites is 1. The molecule has 106 valence electrons. The van der Waals surface area contributed by atoms with E-state index in [4.69, 9.17) is 11.6 Å². The Morgan fingerprint density at radius 3 is 2.16 bits per heavy atom. The van der Waals surface area contributed by atoms with Crippen LogP contribution < -0.4 is 0 Å². The van der Waals surface area contributed by atoms with Crippen LogP contribution in [0.25, 0.3) is 0 Å². The third-order valence-corrected chi connectivity index (χ3v) is 5.51. The lowest BCUT2D eigenvalue weighted by molar-refractivity contribution is -0.390. The molecule has 7 nitrogen and oxygen atoms in total. The average Bonchev–Trinajstić information content (AvgIpc) is 2.26. The molecule has 0 atom stereocenters. The molecule has 0 amide bonds. The lowest BCUT2D eigenvalue weighted by Crippen LogP contribution is -2.13. The van der Waals surface area contributed by atoms with Crippen LogP contribution in [0.15, 0.2) is 28.0 Å². The molecule has 0 saturated carbocycles. The van der Waals surface area contributed by atoms with Crippen molar-refractivity contribution in [2.75, 3.05) is 17.9 Å². The van der Waals surface area contributed by atoms with Crippen molar-refractivity contribution in [1.29, 1.82) is 0 Å². The minimum Gasteiger partial charge on any atom is -0.258 e. The van der Waals surface area contributed by atoms with Gasteiger partial charge >= 0.3 is 5.69 Å². The average molecular weight is 328 g/mol. The first-order valence-electron chi connectivity index (χ1n) is 4.87. The van der Waals surface area contributed by atoms with Crippen molar-refractivity contribution < 1.29 is 21.8 Å². The molecular weight excluding hydrogens is 318 g/mol. The first kappa shape index (κ1) is 15.9. The summed E-state index contributed by atoms with van der Waals surface area (Å²) in [7, 11) is -7.92. The molecule has 0 aliphatic rings. The third-order valence-electron chi connectivity index (χ3n) is 2.22. The van der Waals surface area contributed by atoms with E-state index in [1.54, 1.807) is 0 Å². The number of hydrogen-bond acceptors (Lipinski definition) is 6. The first-order chi connectivity index (χ1) is 8.61. The van der Waals surface area contributed by atoms with Crippen LogP contribution in [0, 0.1) is 10.1 Å². The van der Waals surface area contributed by atoms with E-state index in [-0.39, 0.29) is 5.88 Å². The van der Waals surface area contributed by atoms with Crippen LogP contribution in [-0.4, -0.2) is 39.6 Å². The fourth-order valence-corrected chi connectivity index (χ4v) is 4.17. The van der Waals surface area contributed by atoms with Gasteiger partial charge in [0.05, 0.1) is 10.7 Å². The molecule has 0 saturated heterocycles. The van der Waals surface area contributed by atoms with Crippen LogP contribution in [0.1, 0.15) is 0 Å². The predicted octanol–water partition coefficient (Wildman–Crippen LogP) is 1.01. The zero-order chi connectivity index (χ0) is 14.8. The Bertz CT molecular complexity index is 710. The van der Waals surface area contributed by atoms with Crippen molar-refractivity contribution in [2.24, 2.45) is 0 Å². The molecular formula is C9H10ClNO6S2. The van der Waals surface area contributed by atoms with Crippen LogP contribution in [0.2, 0.25) is 0 Å². The fourth-order valence-electron chi connectivity index (χ4n) is 1.44. The number of benzene rings is 1. The second kappa shape index (κ2) is 5.43. The number of sulfone groups is 2. The van der Waals surface area contributed by atoms with Crippen LogP contribution in [-0.2, 0) is 19.7 Å². The Morgan fingerprint density at radius 1 is 1.21 bits per heavy atom. The largest absolute Gasteiger partial charge is 0.306 e. The highest BCUT2D eigenvalue weighted by molar-refractivity contribution is 7.92. The van der Waals surface area contributed by atoms with Crippen LogP contribution >= 0.6 is 11.6 Å². The number of hydrogen-bond donors (Lipinski definition) is 0. The van der Waals surface area contributed by atoms with Gasteiger partial charge in [-0.1, -0.05) is 6.07 Å². The summed E-state index contributed by atoms with van der Waals surface area (Å²) >= 11 is 5.33. The van der Waals surface area contributed by atoms with Gasteiger partial charge in [0, 0.05) is 12.1 Å². The van der Waals surface area contributed by atoms with Crippen molar-refractivity contribution in [1.82, 2.24) is 0 Å². The molecule has 0 N–H and O–H groups in total. The van der Waals surface area contributed by atoms with Gasteiger partial charge in [-0.3, -0.25) is 10.1 Å². The zero-order valence-electron chi connectivity index (χ0n) is 9.74. The highest BCUT2D eigenvalue weighted by Crippen LogP contribution is 2.31. The van der Waals surface area contributed by atoms with E-state index >= 15 is 0 Å². The smallest absolute Gasteiger partial charge is 0.258 e. The minimum atomic E-state index is -4.01. The van der Waals surface area contributed by atoms with Crippen molar-refractivity contribution >= 4 is 37.0 Å². The Kier molecular flexibility index (Phi) is 4.54. The van der Waals surface area contributed by atoms with Gasteiger partial charge < -0.3 is 0 Å². The number of nitro benzene ring substituents is 1. The van der Waals surface area contributed by atoms with Crippen molar-refractivity contribution in [2.45, 2.75) is 9.79 Å². The van der Waals surface area contributed by atoms with Gasteiger partial charge in [0.2, 0.25) is 0 Å². The second-order valence-corrected chi connectivity index (χ2v) is 8.08. The molecule has 1 aromatic rings. The fraction of sp³-hybridized carbons (Fsp3) is 0.333. The zero-order valence-corrected chi connectivity index (χ0v) is 12.1. The van der Waals surface area contributed by atoms with E-state index in [1.807, 2.05) is 0 Å². The molecule has 0 aliphatic heterocycles.